The average molecular weight is 857 g/mol. The number of hydrogen-bond donors (Lipinski definition) is 2. The number of amides is 4. The van der Waals surface area contributed by atoms with Crippen LogP contribution in [-0.4, -0.2) is 134 Å². The molecule has 9 atom stereocenters. The maximum absolute atomic E-state index is 14.4. The summed E-state index contributed by atoms with van der Waals surface area (Å²) in [4.78, 5) is 78.7. The van der Waals surface area contributed by atoms with Crippen molar-refractivity contribution in [2.24, 2.45) is 23.7 Å². The third kappa shape index (κ3) is 13.0. The summed E-state index contributed by atoms with van der Waals surface area (Å²) in [5, 5.41) is 8.44. The van der Waals surface area contributed by atoms with Gasteiger partial charge < -0.3 is 34.6 Å². The van der Waals surface area contributed by atoms with Crippen LogP contribution in [0.1, 0.15) is 108 Å². The van der Waals surface area contributed by atoms with Crippen LogP contribution in [0.25, 0.3) is 0 Å². The number of aromatic nitrogens is 1. The molecule has 1 fully saturated rings. The molecule has 1 aromatic carbocycles. The predicted octanol–water partition coefficient (Wildman–Crippen LogP) is 5.37. The summed E-state index contributed by atoms with van der Waals surface area (Å²) < 4.78 is 17.3. The van der Waals surface area contributed by atoms with Crippen LogP contribution in [0.5, 0.6) is 0 Å². The Bertz CT molecular complexity index is 1680. The number of methoxy groups -OCH3 is 2. The Balaban J connectivity index is 1.83. The van der Waals surface area contributed by atoms with Crippen molar-refractivity contribution in [1.82, 2.24) is 30.3 Å². The van der Waals surface area contributed by atoms with Crippen LogP contribution in [0.2, 0.25) is 0 Å². The van der Waals surface area contributed by atoms with Gasteiger partial charge in [0.1, 0.15) is 11.0 Å². The van der Waals surface area contributed by atoms with Crippen molar-refractivity contribution in [3.05, 3.63) is 52.0 Å². The van der Waals surface area contributed by atoms with Crippen molar-refractivity contribution in [2.75, 3.05) is 48.5 Å². The topological polar surface area (TPSA) is 160 Å². The third-order valence-corrected chi connectivity index (χ3v) is 12.8. The van der Waals surface area contributed by atoms with Crippen molar-refractivity contribution < 1.29 is 38.2 Å². The summed E-state index contributed by atoms with van der Waals surface area (Å²) >= 11 is 1.29. The summed E-state index contributed by atoms with van der Waals surface area (Å²) in [5.41, 5.74) is 1.18. The zero-order chi connectivity index (χ0) is 44.8. The molecule has 2 aromatic rings. The number of nitrogens with one attached hydrogen (secondary N) is 2. The molecule has 1 aliphatic heterocycles. The van der Waals surface area contributed by atoms with E-state index in [0.717, 1.165) is 18.4 Å². The van der Waals surface area contributed by atoms with E-state index in [-0.39, 0.29) is 66.1 Å². The molecule has 4 amide bonds. The fourth-order valence-corrected chi connectivity index (χ4v) is 9.35. The molecular formula is C45H72N6O8S. The van der Waals surface area contributed by atoms with Gasteiger partial charge in [-0.25, -0.2) is 9.78 Å². The molecule has 2 heterocycles. The molecule has 0 saturated carbocycles. The summed E-state index contributed by atoms with van der Waals surface area (Å²) in [7, 11) is 8.57. The first-order valence-electron chi connectivity index (χ1n) is 21.5. The molecule has 0 radical (unpaired) electrons. The fourth-order valence-electron chi connectivity index (χ4n) is 8.51. The van der Waals surface area contributed by atoms with Gasteiger partial charge in [-0.1, -0.05) is 85.2 Å². The van der Waals surface area contributed by atoms with Crippen molar-refractivity contribution in [3.8, 4) is 0 Å². The molecule has 0 aliphatic carbocycles. The van der Waals surface area contributed by atoms with E-state index in [4.69, 9.17) is 14.2 Å². The van der Waals surface area contributed by atoms with Crippen molar-refractivity contribution in [3.63, 3.8) is 0 Å². The molecule has 0 unspecified atom stereocenters. The number of esters is 1. The molecular weight excluding hydrogens is 785 g/mol. The highest BCUT2D eigenvalue weighted by Gasteiger charge is 2.43. The van der Waals surface area contributed by atoms with Gasteiger partial charge in [-0.2, -0.15) is 0 Å². The first-order valence-corrected chi connectivity index (χ1v) is 22.3. The highest BCUT2D eigenvalue weighted by Crippen LogP contribution is 2.31. The number of ether oxygens (including phenoxy) is 3. The SMILES string of the molecule is CCOC(=O)c1csc([C@H](Cc2ccccc2)NC(=O)[C@H](C)[C@@H](OC)[C@@H]2CCCN2C(=O)C[C@@H](OC)[C@H]([C@@H](C)CC)N(C)C(=O)[C@@H](NC(=O)[C@H](C(C)C)N(C)C)C(C)C)n1. The summed E-state index contributed by atoms with van der Waals surface area (Å²) in [6.45, 7) is 16.1. The lowest BCUT2D eigenvalue weighted by molar-refractivity contribution is -0.148. The first-order chi connectivity index (χ1) is 28.4. The Labute approximate surface area is 362 Å². The number of thiazole rings is 1. The largest absolute Gasteiger partial charge is 0.461 e. The maximum Gasteiger partial charge on any atom is 0.357 e. The quantitative estimate of drug-likeness (QED) is 0.139. The number of carbonyl (C=O) groups is 5. The molecule has 3 rings (SSSR count). The highest BCUT2D eigenvalue weighted by atomic mass is 32.1. The van der Waals surface area contributed by atoms with E-state index in [1.807, 2.05) is 90.9 Å². The van der Waals surface area contributed by atoms with Gasteiger partial charge in [0, 0.05) is 33.2 Å². The van der Waals surface area contributed by atoms with Gasteiger partial charge in [0.25, 0.3) is 0 Å². The van der Waals surface area contributed by atoms with Crippen LogP contribution < -0.4 is 10.6 Å². The van der Waals surface area contributed by atoms with Gasteiger partial charge in [-0.3, -0.25) is 24.1 Å². The molecule has 2 N–H and O–H groups in total. The minimum atomic E-state index is -0.774. The van der Waals surface area contributed by atoms with Crippen molar-refractivity contribution in [1.29, 1.82) is 0 Å². The van der Waals surface area contributed by atoms with E-state index in [0.29, 0.717) is 24.4 Å². The van der Waals surface area contributed by atoms with Gasteiger partial charge >= 0.3 is 5.97 Å². The molecule has 14 nitrogen and oxygen atoms in total. The first kappa shape index (κ1) is 50.4. The number of likely N-dealkylation sites (N-methyl/N-ethyl adjacent to an activating group) is 2. The molecule has 1 saturated heterocycles. The lowest BCUT2D eigenvalue weighted by atomic mass is 9.89. The second-order valence-electron chi connectivity index (χ2n) is 17.0. The third-order valence-electron chi connectivity index (χ3n) is 11.8. The van der Waals surface area contributed by atoms with E-state index in [9.17, 15) is 24.0 Å². The van der Waals surface area contributed by atoms with E-state index in [2.05, 4.69) is 15.6 Å². The fraction of sp³-hybridized carbons (Fsp3) is 0.689. The number of carbonyl (C=O) groups excluding carboxylic acids is 5. The van der Waals surface area contributed by atoms with Crippen molar-refractivity contribution in [2.45, 2.75) is 130 Å². The number of likely N-dealkylation sites (tertiary alicyclic amines) is 1. The number of hydrogen-bond acceptors (Lipinski definition) is 11. The van der Waals surface area contributed by atoms with Gasteiger partial charge in [-0.15, -0.1) is 11.3 Å². The molecule has 1 aromatic heterocycles. The van der Waals surface area contributed by atoms with Crippen LogP contribution in [0.15, 0.2) is 35.7 Å². The monoisotopic (exact) mass is 857 g/mol. The number of benzene rings is 1. The molecule has 0 spiro atoms. The lowest BCUT2D eigenvalue weighted by Crippen LogP contribution is -2.59. The molecule has 15 heteroatoms. The minimum absolute atomic E-state index is 0.0113. The van der Waals surface area contributed by atoms with Crippen LogP contribution in [0.4, 0.5) is 0 Å². The average Bonchev–Trinajstić information content (AvgIpc) is 3.91. The summed E-state index contributed by atoms with van der Waals surface area (Å²) in [6.07, 6.45) is 1.31. The van der Waals surface area contributed by atoms with E-state index < -0.39 is 48.3 Å². The Kier molecular flexibility index (Phi) is 20.1. The van der Waals surface area contributed by atoms with Crippen LogP contribution >= 0.6 is 11.3 Å². The normalized spacial score (nSPS) is 18.3. The Morgan fingerprint density at radius 1 is 0.917 bits per heavy atom. The molecule has 0 bridgehead atoms. The molecule has 1 aliphatic rings. The summed E-state index contributed by atoms with van der Waals surface area (Å²) in [5.74, 6) is -2.22. The zero-order valence-electron chi connectivity index (χ0n) is 38.2. The van der Waals surface area contributed by atoms with Gasteiger partial charge in [0.05, 0.1) is 55.3 Å². The summed E-state index contributed by atoms with van der Waals surface area (Å²) in [6, 6.07) is 7.19. The molecule has 336 valence electrons. The number of nitrogens with zero attached hydrogens (tertiary/aromatic N) is 4. The highest BCUT2D eigenvalue weighted by molar-refractivity contribution is 7.09. The number of rotatable bonds is 23. The van der Waals surface area contributed by atoms with Crippen molar-refractivity contribution >= 4 is 40.9 Å². The predicted molar refractivity (Wildman–Crippen MR) is 234 cm³/mol. The maximum atomic E-state index is 14.4. The Morgan fingerprint density at radius 2 is 1.58 bits per heavy atom. The van der Waals surface area contributed by atoms with E-state index in [1.165, 1.54) is 11.3 Å². The van der Waals surface area contributed by atoms with E-state index in [1.54, 1.807) is 50.3 Å². The zero-order valence-corrected chi connectivity index (χ0v) is 39.0. The van der Waals surface area contributed by atoms with Gasteiger partial charge in [-0.05, 0) is 63.6 Å². The van der Waals surface area contributed by atoms with Crippen LogP contribution in [-0.2, 0) is 39.8 Å². The lowest BCUT2D eigenvalue weighted by Gasteiger charge is -2.41. The van der Waals surface area contributed by atoms with E-state index >= 15 is 0 Å². The Hall–Kier alpha value is -3.92. The minimum Gasteiger partial charge on any atom is -0.461 e. The molecule has 60 heavy (non-hydrogen) atoms. The van der Waals surface area contributed by atoms with Gasteiger partial charge in [0.15, 0.2) is 5.69 Å². The Morgan fingerprint density at radius 3 is 2.13 bits per heavy atom. The smallest absolute Gasteiger partial charge is 0.357 e. The second-order valence-corrected chi connectivity index (χ2v) is 17.9. The standard InChI is InChI=1S/C45H72N6O8S/c1-14-29(7)39(50(11)44(55)37(27(3)4)48-42(54)38(28(5)6)49(9)10)35(57-12)25-36(52)51-23-19-22-34(51)40(58-13)30(8)41(53)46-32(24-31-20-17-16-18-21-31)43-47-33(26-60-43)45(56)59-15-2/h16-18,20-21,26-30,32,34-35,37-40H,14-15,19,22-25H2,1-13H3,(H,46,53)(H,48,54)/t29-,30+,32-,34-,35+,37-,38-,39-,40+/m0/s1. The van der Waals surface area contributed by atoms with Crippen LogP contribution in [0.3, 0.4) is 0 Å². The van der Waals surface area contributed by atoms with Gasteiger partial charge in [0.2, 0.25) is 23.6 Å². The van der Waals surface area contributed by atoms with Crippen LogP contribution in [0, 0.1) is 23.7 Å². The second kappa shape index (κ2) is 23.9.